The molecule has 10 nitrogen and oxygen atoms in total. The van der Waals surface area contributed by atoms with E-state index in [0.717, 1.165) is 16.6 Å². The Morgan fingerprint density at radius 1 is 1.24 bits per heavy atom. The highest BCUT2D eigenvalue weighted by Gasteiger charge is 2.14. The average molecular weight is 400 g/mol. The van der Waals surface area contributed by atoms with Gasteiger partial charge in [-0.3, -0.25) is 5.32 Å². The highest BCUT2D eigenvalue weighted by molar-refractivity contribution is 5.92. The third-order valence-corrected chi connectivity index (χ3v) is 4.02. The number of carbonyl (C=O) groups excluding carboxylic acids is 1. The molecule has 0 saturated heterocycles. The SMILES string of the molecule is CCNC(=O)Nc1nc2cc(OC)c(-c3cnc(OC(C)COC)nc3)cc2[nH]1. The van der Waals surface area contributed by atoms with E-state index in [1.807, 2.05) is 19.9 Å². The minimum atomic E-state index is -0.328. The van der Waals surface area contributed by atoms with Crippen LogP contribution in [0, 0.1) is 0 Å². The Hall–Kier alpha value is -3.40. The molecular weight excluding hydrogens is 376 g/mol. The summed E-state index contributed by atoms with van der Waals surface area (Å²) in [5.74, 6) is 0.955. The molecule has 0 saturated carbocycles. The molecule has 29 heavy (non-hydrogen) atoms. The van der Waals surface area contributed by atoms with Crippen LogP contribution in [0.4, 0.5) is 10.7 Å². The number of aromatic nitrogens is 4. The zero-order valence-electron chi connectivity index (χ0n) is 16.8. The molecule has 1 unspecified atom stereocenters. The molecule has 0 aliphatic carbocycles. The van der Waals surface area contributed by atoms with Gasteiger partial charge in [-0.2, -0.15) is 0 Å². The summed E-state index contributed by atoms with van der Waals surface area (Å²) in [6.07, 6.45) is 3.17. The number of imidazole rings is 1. The summed E-state index contributed by atoms with van der Waals surface area (Å²) in [7, 11) is 3.19. The smallest absolute Gasteiger partial charge is 0.321 e. The second-order valence-corrected chi connectivity index (χ2v) is 6.28. The molecule has 154 valence electrons. The van der Waals surface area contributed by atoms with E-state index < -0.39 is 0 Å². The zero-order valence-corrected chi connectivity index (χ0v) is 16.8. The first-order valence-corrected chi connectivity index (χ1v) is 9.14. The minimum Gasteiger partial charge on any atom is -0.496 e. The van der Waals surface area contributed by atoms with Crippen molar-refractivity contribution in [3.05, 3.63) is 24.5 Å². The molecule has 2 heterocycles. The average Bonchev–Trinajstić information content (AvgIpc) is 3.08. The van der Waals surface area contributed by atoms with E-state index in [9.17, 15) is 4.79 Å². The van der Waals surface area contributed by atoms with Crippen molar-refractivity contribution in [1.29, 1.82) is 0 Å². The van der Waals surface area contributed by atoms with Crippen molar-refractivity contribution in [2.75, 3.05) is 32.7 Å². The van der Waals surface area contributed by atoms with Crippen LogP contribution in [0.3, 0.4) is 0 Å². The first-order chi connectivity index (χ1) is 14.0. The van der Waals surface area contributed by atoms with E-state index in [1.165, 1.54) is 0 Å². The number of methoxy groups -OCH3 is 2. The lowest BCUT2D eigenvalue weighted by molar-refractivity contribution is 0.0855. The molecule has 3 aromatic rings. The summed E-state index contributed by atoms with van der Waals surface area (Å²) in [5.41, 5.74) is 2.93. The standard InChI is InChI=1S/C19H24N6O4/c1-5-20-18(26)25-17-23-14-6-13(16(28-4)7-15(14)24-17)12-8-21-19(22-9-12)29-11(2)10-27-3/h6-9,11H,5,10H2,1-4H3,(H3,20,23,24,25,26). The third-order valence-electron chi connectivity index (χ3n) is 4.02. The Kier molecular flexibility index (Phi) is 6.45. The van der Waals surface area contributed by atoms with Gasteiger partial charge < -0.3 is 24.5 Å². The summed E-state index contributed by atoms with van der Waals surface area (Å²) in [4.78, 5) is 27.7. The summed E-state index contributed by atoms with van der Waals surface area (Å²) in [5, 5.41) is 5.31. The molecular formula is C19H24N6O4. The molecule has 0 bridgehead atoms. The van der Waals surface area contributed by atoms with Gasteiger partial charge in [-0.25, -0.2) is 19.7 Å². The normalized spacial score (nSPS) is 11.9. The van der Waals surface area contributed by atoms with Crippen molar-refractivity contribution < 1.29 is 19.0 Å². The number of urea groups is 1. The molecule has 1 aromatic carbocycles. The fourth-order valence-electron chi connectivity index (χ4n) is 2.77. The van der Waals surface area contributed by atoms with Crippen molar-refractivity contribution in [3.63, 3.8) is 0 Å². The summed E-state index contributed by atoms with van der Waals surface area (Å²) < 4.78 is 16.1. The van der Waals surface area contributed by atoms with E-state index >= 15 is 0 Å². The van der Waals surface area contributed by atoms with Crippen molar-refractivity contribution in [3.8, 4) is 22.9 Å². The van der Waals surface area contributed by atoms with E-state index in [-0.39, 0.29) is 18.1 Å². The van der Waals surface area contributed by atoms with Gasteiger partial charge >= 0.3 is 12.0 Å². The molecule has 2 aromatic heterocycles. The van der Waals surface area contributed by atoms with Crippen molar-refractivity contribution in [2.45, 2.75) is 20.0 Å². The number of aromatic amines is 1. The molecule has 0 fully saturated rings. The van der Waals surface area contributed by atoms with Crippen LogP contribution in [0.15, 0.2) is 24.5 Å². The second kappa shape index (κ2) is 9.20. The molecule has 3 rings (SSSR count). The van der Waals surface area contributed by atoms with Gasteiger partial charge in [0.25, 0.3) is 0 Å². The van der Waals surface area contributed by atoms with Crippen LogP contribution in [0.25, 0.3) is 22.2 Å². The molecule has 1 atom stereocenters. The van der Waals surface area contributed by atoms with Gasteiger partial charge in [-0.1, -0.05) is 0 Å². The van der Waals surface area contributed by atoms with Crippen molar-refractivity contribution >= 4 is 23.0 Å². The molecule has 0 aliphatic heterocycles. The van der Waals surface area contributed by atoms with Crippen molar-refractivity contribution in [2.24, 2.45) is 0 Å². The van der Waals surface area contributed by atoms with E-state index in [0.29, 0.717) is 30.4 Å². The molecule has 0 spiro atoms. The molecule has 3 N–H and O–H groups in total. The number of carbonyl (C=O) groups is 1. The molecule has 10 heteroatoms. The summed E-state index contributed by atoms with van der Waals surface area (Å²) in [6.45, 7) is 4.68. The molecule has 0 aliphatic rings. The van der Waals surface area contributed by atoms with Crippen LogP contribution in [-0.2, 0) is 4.74 Å². The highest BCUT2D eigenvalue weighted by Crippen LogP contribution is 2.33. The largest absolute Gasteiger partial charge is 0.496 e. The number of anilines is 1. The van der Waals surface area contributed by atoms with E-state index in [1.54, 1.807) is 32.7 Å². The van der Waals surface area contributed by atoms with Crippen LogP contribution >= 0.6 is 0 Å². The van der Waals surface area contributed by atoms with Gasteiger partial charge in [-0.05, 0) is 19.9 Å². The Balaban J connectivity index is 1.87. The van der Waals surface area contributed by atoms with Gasteiger partial charge in [0, 0.05) is 43.2 Å². The first-order valence-electron chi connectivity index (χ1n) is 9.14. The number of H-pyrrole nitrogens is 1. The van der Waals surface area contributed by atoms with E-state index in [4.69, 9.17) is 14.2 Å². The van der Waals surface area contributed by atoms with Gasteiger partial charge in [-0.15, -0.1) is 0 Å². The van der Waals surface area contributed by atoms with Crippen LogP contribution in [-0.4, -0.2) is 59.4 Å². The van der Waals surface area contributed by atoms with Gasteiger partial charge in [0.1, 0.15) is 11.9 Å². The van der Waals surface area contributed by atoms with Crippen LogP contribution in [0.2, 0.25) is 0 Å². The fourth-order valence-corrected chi connectivity index (χ4v) is 2.77. The number of nitrogens with one attached hydrogen (secondary N) is 3. The zero-order chi connectivity index (χ0) is 20.8. The maximum atomic E-state index is 11.7. The number of hydrogen-bond acceptors (Lipinski definition) is 7. The van der Waals surface area contributed by atoms with Gasteiger partial charge in [0.2, 0.25) is 5.95 Å². The van der Waals surface area contributed by atoms with Gasteiger partial charge in [0.15, 0.2) is 0 Å². The van der Waals surface area contributed by atoms with Crippen LogP contribution in [0.1, 0.15) is 13.8 Å². The number of rotatable bonds is 8. The number of amides is 2. The number of ether oxygens (including phenoxy) is 3. The fraction of sp³-hybridized carbons (Fsp3) is 0.368. The Morgan fingerprint density at radius 3 is 2.66 bits per heavy atom. The van der Waals surface area contributed by atoms with Crippen molar-refractivity contribution in [1.82, 2.24) is 25.3 Å². The quantitative estimate of drug-likeness (QED) is 0.531. The monoisotopic (exact) mass is 400 g/mol. The highest BCUT2D eigenvalue weighted by atomic mass is 16.5. The van der Waals surface area contributed by atoms with Crippen LogP contribution < -0.4 is 20.1 Å². The predicted molar refractivity (Wildman–Crippen MR) is 108 cm³/mol. The summed E-state index contributed by atoms with van der Waals surface area (Å²) >= 11 is 0. The summed E-state index contributed by atoms with van der Waals surface area (Å²) in [6, 6.07) is 3.60. The Bertz CT molecular complexity index is 973. The second-order valence-electron chi connectivity index (χ2n) is 6.28. The maximum Gasteiger partial charge on any atom is 0.321 e. The Morgan fingerprint density at radius 2 is 2.00 bits per heavy atom. The third kappa shape index (κ3) is 4.91. The molecule has 0 radical (unpaired) electrons. The van der Waals surface area contributed by atoms with Crippen LogP contribution in [0.5, 0.6) is 11.8 Å². The lowest BCUT2D eigenvalue weighted by Crippen LogP contribution is -2.28. The van der Waals surface area contributed by atoms with E-state index in [2.05, 4.69) is 30.6 Å². The van der Waals surface area contributed by atoms with Gasteiger partial charge in [0.05, 0.1) is 24.8 Å². The molecule has 2 amide bonds. The predicted octanol–water partition coefficient (Wildman–Crippen LogP) is 2.58. The topological polar surface area (TPSA) is 123 Å². The minimum absolute atomic E-state index is 0.155. The number of benzene rings is 1. The Labute approximate surface area is 168 Å². The maximum absolute atomic E-state index is 11.7. The number of fused-ring (bicyclic) bond motifs is 1. The lowest BCUT2D eigenvalue weighted by Gasteiger charge is -2.12. The number of nitrogens with zero attached hydrogens (tertiary/aromatic N) is 3. The first kappa shape index (κ1) is 20.3. The number of hydrogen-bond donors (Lipinski definition) is 3. The lowest BCUT2D eigenvalue weighted by atomic mass is 10.1.